The van der Waals surface area contributed by atoms with Crippen molar-refractivity contribution < 1.29 is 17.9 Å². The van der Waals surface area contributed by atoms with Gasteiger partial charge in [0.25, 0.3) is 0 Å². The van der Waals surface area contributed by atoms with Crippen LogP contribution in [0.15, 0.2) is 82.8 Å². The molecule has 1 N–H and O–H groups in total. The average molecular weight is 484 g/mol. The summed E-state index contributed by atoms with van der Waals surface area (Å²) in [5.41, 5.74) is 0.664. The molecule has 1 fully saturated rings. The van der Waals surface area contributed by atoms with Crippen molar-refractivity contribution in [2.75, 3.05) is 24.2 Å². The lowest BCUT2D eigenvalue weighted by molar-refractivity contribution is -0.113. The van der Waals surface area contributed by atoms with E-state index in [4.69, 9.17) is 4.74 Å². The van der Waals surface area contributed by atoms with Gasteiger partial charge in [0.2, 0.25) is 15.9 Å². The monoisotopic (exact) mass is 483 g/mol. The Morgan fingerprint density at radius 2 is 1.64 bits per heavy atom. The number of thioether (sulfide) groups is 1. The van der Waals surface area contributed by atoms with Crippen LogP contribution in [0, 0.1) is 0 Å². The molecule has 2 aromatic carbocycles. The van der Waals surface area contributed by atoms with Crippen molar-refractivity contribution in [2.45, 2.75) is 29.2 Å². The molecule has 0 unspecified atom stereocenters. The number of pyridine rings is 1. The van der Waals surface area contributed by atoms with Gasteiger partial charge in [-0.05, 0) is 61.4 Å². The van der Waals surface area contributed by atoms with Gasteiger partial charge in [-0.1, -0.05) is 36.4 Å². The fraction of sp³-hybridized carbons (Fsp3) is 0.250. The van der Waals surface area contributed by atoms with E-state index >= 15 is 0 Å². The summed E-state index contributed by atoms with van der Waals surface area (Å²) in [5.74, 6) is 1.40. The summed E-state index contributed by atoms with van der Waals surface area (Å²) < 4.78 is 32.7. The molecule has 2 heterocycles. The Hall–Kier alpha value is -2.88. The quantitative estimate of drug-likeness (QED) is 0.464. The number of nitrogens with one attached hydrogen (secondary N) is 1. The third-order valence-corrected chi connectivity index (χ3v) is 7.96. The van der Waals surface area contributed by atoms with Gasteiger partial charge in [0.1, 0.15) is 16.4 Å². The van der Waals surface area contributed by atoms with Crippen LogP contribution in [0.4, 0.5) is 5.69 Å². The van der Waals surface area contributed by atoms with Crippen molar-refractivity contribution in [3.63, 3.8) is 0 Å². The number of anilines is 1. The molecule has 1 saturated heterocycles. The second-order valence-corrected chi connectivity index (χ2v) is 10.5. The van der Waals surface area contributed by atoms with Gasteiger partial charge in [0.05, 0.1) is 10.8 Å². The minimum absolute atomic E-state index is 0.160. The smallest absolute Gasteiger partial charge is 0.244 e. The number of hydrogen-bond donors (Lipinski definition) is 1. The average Bonchev–Trinajstić information content (AvgIpc) is 2.85. The van der Waals surface area contributed by atoms with Crippen LogP contribution < -0.4 is 10.1 Å². The first-order chi connectivity index (χ1) is 16.0. The largest absolute Gasteiger partial charge is 0.457 e. The maximum absolute atomic E-state index is 12.7. The highest BCUT2D eigenvalue weighted by atomic mass is 32.2. The van der Waals surface area contributed by atoms with E-state index in [2.05, 4.69) is 10.3 Å². The van der Waals surface area contributed by atoms with Crippen LogP contribution in [0.3, 0.4) is 0 Å². The number of nitrogens with zero attached hydrogens (tertiary/aromatic N) is 2. The molecule has 4 rings (SSSR count). The van der Waals surface area contributed by atoms with Gasteiger partial charge in [-0.25, -0.2) is 13.4 Å². The second-order valence-electron chi connectivity index (χ2n) is 7.57. The number of aromatic nitrogens is 1. The lowest BCUT2D eigenvalue weighted by atomic mass is 10.2. The highest BCUT2D eigenvalue weighted by molar-refractivity contribution is 7.99. The number of sulfonamides is 1. The maximum Gasteiger partial charge on any atom is 0.244 e. The number of amides is 1. The Bertz CT molecular complexity index is 1160. The number of hydrogen-bond acceptors (Lipinski definition) is 6. The lowest BCUT2D eigenvalue weighted by Crippen LogP contribution is -2.35. The molecule has 1 aliphatic rings. The van der Waals surface area contributed by atoms with Crippen LogP contribution in [0.5, 0.6) is 11.5 Å². The van der Waals surface area contributed by atoms with Gasteiger partial charge in [-0.2, -0.15) is 4.31 Å². The number of para-hydroxylation sites is 1. The number of carbonyl (C=O) groups is 1. The van der Waals surface area contributed by atoms with E-state index in [1.54, 1.807) is 36.4 Å². The van der Waals surface area contributed by atoms with E-state index in [0.717, 1.165) is 25.0 Å². The molecule has 0 atom stereocenters. The summed E-state index contributed by atoms with van der Waals surface area (Å²) >= 11 is 1.25. The van der Waals surface area contributed by atoms with E-state index in [9.17, 15) is 13.2 Å². The first-order valence-electron chi connectivity index (χ1n) is 10.7. The van der Waals surface area contributed by atoms with Gasteiger partial charge in [-0.3, -0.25) is 4.79 Å². The number of rotatable bonds is 8. The topological polar surface area (TPSA) is 88.6 Å². The Morgan fingerprint density at radius 3 is 2.30 bits per heavy atom. The summed E-state index contributed by atoms with van der Waals surface area (Å²) in [5, 5.41) is 3.43. The third kappa shape index (κ3) is 6.34. The van der Waals surface area contributed by atoms with Crippen LogP contribution in [-0.2, 0) is 14.8 Å². The second kappa shape index (κ2) is 10.8. The van der Waals surface area contributed by atoms with Crippen molar-refractivity contribution in [1.82, 2.24) is 9.29 Å². The lowest BCUT2D eigenvalue weighted by Gasteiger charge is -2.25. The summed E-state index contributed by atoms with van der Waals surface area (Å²) in [4.78, 5) is 16.7. The molecule has 0 saturated carbocycles. The van der Waals surface area contributed by atoms with E-state index in [0.29, 0.717) is 29.6 Å². The van der Waals surface area contributed by atoms with Gasteiger partial charge in [0.15, 0.2) is 0 Å². The normalized spacial score (nSPS) is 14.5. The van der Waals surface area contributed by atoms with Crippen molar-refractivity contribution in [3.8, 4) is 11.5 Å². The molecule has 1 aliphatic heterocycles. The molecule has 9 heteroatoms. The molecule has 172 valence electrons. The van der Waals surface area contributed by atoms with Gasteiger partial charge in [0, 0.05) is 25.0 Å². The van der Waals surface area contributed by atoms with Gasteiger partial charge < -0.3 is 10.1 Å². The first-order valence-corrected chi connectivity index (χ1v) is 13.2. The molecule has 0 aliphatic carbocycles. The molecule has 0 bridgehead atoms. The highest BCUT2D eigenvalue weighted by Crippen LogP contribution is 2.24. The molecular weight excluding hydrogens is 458 g/mol. The zero-order valence-corrected chi connectivity index (χ0v) is 19.6. The van der Waals surface area contributed by atoms with Crippen LogP contribution >= 0.6 is 11.8 Å². The number of benzene rings is 2. The standard InChI is InChI=1S/C24H25N3O4S2/c28-23(26-19-9-11-21(12-10-19)31-20-7-3-1-4-8-20)18-32-24-14-13-22(17-25-24)33(29,30)27-15-5-2-6-16-27/h1,3-4,7-14,17H,2,5-6,15-16,18H2,(H,26,28). The molecular formula is C24H25N3O4S2. The minimum Gasteiger partial charge on any atom is -0.457 e. The maximum atomic E-state index is 12.7. The Morgan fingerprint density at radius 1 is 0.939 bits per heavy atom. The molecule has 1 amide bonds. The Labute approximate surface area is 198 Å². The summed E-state index contributed by atoms with van der Waals surface area (Å²) in [6, 6.07) is 19.8. The summed E-state index contributed by atoms with van der Waals surface area (Å²) in [6.45, 7) is 1.11. The number of ether oxygens (including phenoxy) is 1. The van der Waals surface area contributed by atoms with Crippen molar-refractivity contribution in [3.05, 3.63) is 72.9 Å². The van der Waals surface area contributed by atoms with Crippen LogP contribution in [0.25, 0.3) is 0 Å². The van der Waals surface area contributed by atoms with Crippen LogP contribution in [0.1, 0.15) is 19.3 Å². The van der Waals surface area contributed by atoms with E-state index in [-0.39, 0.29) is 16.6 Å². The van der Waals surface area contributed by atoms with Gasteiger partial charge >= 0.3 is 0 Å². The van der Waals surface area contributed by atoms with Gasteiger partial charge in [-0.15, -0.1) is 0 Å². The molecule has 0 spiro atoms. The molecule has 0 radical (unpaired) electrons. The Balaban J connectivity index is 1.27. The summed E-state index contributed by atoms with van der Waals surface area (Å²) in [6.07, 6.45) is 4.21. The minimum atomic E-state index is -3.50. The first kappa shape index (κ1) is 23.3. The SMILES string of the molecule is O=C(CSc1ccc(S(=O)(=O)N2CCCCC2)cn1)Nc1ccc(Oc2ccccc2)cc1. The fourth-order valence-electron chi connectivity index (χ4n) is 3.43. The van der Waals surface area contributed by atoms with Crippen LogP contribution in [0.2, 0.25) is 0 Å². The molecule has 3 aromatic rings. The summed E-state index contributed by atoms with van der Waals surface area (Å²) in [7, 11) is -3.50. The predicted octanol–water partition coefficient (Wildman–Crippen LogP) is 4.78. The fourth-order valence-corrected chi connectivity index (χ4v) is 5.53. The zero-order chi connectivity index (χ0) is 23.1. The third-order valence-electron chi connectivity index (χ3n) is 5.13. The van der Waals surface area contributed by atoms with E-state index < -0.39 is 10.0 Å². The number of carbonyl (C=O) groups excluding carboxylic acids is 1. The van der Waals surface area contributed by atoms with Crippen LogP contribution in [-0.4, -0.2) is 42.5 Å². The van der Waals surface area contributed by atoms with Crippen molar-refractivity contribution >= 4 is 33.4 Å². The zero-order valence-electron chi connectivity index (χ0n) is 18.0. The predicted molar refractivity (Wildman–Crippen MR) is 129 cm³/mol. The van der Waals surface area contributed by atoms with E-state index in [1.807, 2.05) is 30.3 Å². The Kier molecular flexibility index (Phi) is 7.64. The van der Waals surface area contributed by atoms with Crippen molar-refractivity contribution in [2.24, 2.45) is 0 Å². The van der Waals surface area contributed by atoms with Crippen molar-refractivity contribution in [1.29, 1.82) is 0 Å². The molecule has 1 aromatic heterocycles. The number of piperidine rings is 1. The van der Waals surface area contributed by atoms with E-state index in [1.165, 1.54) is 22.3 Å². The molecule has 7 nitrogen and oxygen atoms in total. The molecule has 33 heavy (non-hydrogen) atoms. The highest BCUT2D eigenvalue weighted by Gasteiger charge is 2.26.